The normalized spacial score (nSPS) is 15.6. The summed E-state index contributed by atoms with van der Waals surface area (Å²) in [6.07, 6.45) is 8.35. The summed E-state index contributed by atoms with van der Waals surface area (Å²) in [5, 5.41) is 7.48. The second-order valence-corrected chi connectivity index (χ2v) is 8.93. The third-order valence-electron chi connectivity index (χ3n) is 6.59. The summed E-state index contributed by atoms with van der Waals surface area (Å²) < 4.78 is 10.6. The van der Waals surface area contributed by atoms with Gasteiger partial charge in [0.25, 0.3) is 5.91 Å². The molecule has 174 valence electrons. The van der Waals surface area contributed by atoms with Crippen molar-refractivity contribution in [3.05, 3.63) is 83.9 Å². The van der Waals surface area contributed by atoms with Crippen molar-refractivity contribution in [2.24, 2.45) is 0 Å². The molecule has 0 unspecified atom stereocenters. The van der Waals surface area contributed by atoms with Gasteiger partial charge >= 0.3 is 0 Å². The van der Waals surface area contributed by atoms with Gasteiger partial charge in [0.2, 0.25) is 0 Å². The van der Waals surface area contributed by atoms with E-state index in [0.29, 0.717) is 11.3 Å². The maximum atomic E-state index is 13.2. The number of carbonyl (C=O) groups is 1. The van der Waals surface area contributed by atoms with E-state index in [1.54, 1.807) is 31.9 Å². The van der Waals surface area contributed by atoms with Crippen molar-refractivity contribution in [3.8, 4) is 16.9 Å². The third kappa shape index (κ3) is 4.41. The Balaban J connectivity index is 0.000000547. The number of furan rings is 1. The summed E-state index contributed by atoms with van der Waals surface area (Å²) in [5.74, 6) is 0.585. The first-order valence-corrected chi connectivity index (χ1v) is 11.7. The van der Waals surface area contributed by atoms with Crippen molar-refractivity contribution in [3.63, 3.8) is 0 Å². The summed E-state index contributed by atoms with van der Waals surface area (Å²) in [5.41, 5.74) is 5.19. The van der Waals surface area contributed by atoms with Crippen LogP contribution in [0, 0.1) is 6.92 Å². The second-order valence-electron chi connectivity index (χ2n) is 8.93. The Labute approximate surface area is 199 Å². The van der Waals surface area contributed by atoms with Crippen LogP contribution < -0.4 is 15.4 Å². The van der Waals surface area contributed by atoms with Crippen LogP contribution in [0.2, 0.25) is 0 Å². The molecule has 2 aliphatic rings. The highest BCUT2D eigenvalue weighted by Gasteiger charge is 2.47. The number of fused-ring (bicyclic) bond motifs is 1. The maximum absolute atomic E-state index is 13.2. The zero-order chi connectivity index (χ0) is 23.5. The van der Waals surface area contributed by atoms with Crippen LogP contribution >= 0.6 is 0 Å². The highest BCUT2D eigenvalue weighted by Crippen LogP contribution is 2.49. The number of carbonyl (C=O) groups excluding carboxylic acids is 1. The van der Waals surface area contributed by atoms with Gasteiger partial charge in [-0.25, -0.2) is 0 Å². The van der Waals surface area contributed by atoms with Crippen molar-refractivity contribution < 1.29 is 13.9 Å². The van der Waals surface area contributed by atoms with Gasteiger partial charge in [-0.2, -0.15) is 0 Å². The Morgan fingerprint density at radius 1 is 1.12 bits per heavy atom. The van der Waals surface area contributed by atoms with E-state index in [2.05, 4.69) is 33.8 Å². The fourth-order valence-electron chi connectivity index (χ4n) is 4.19. The molecule has 2 N–H and O–H groups in total. The largest absolute Gasteiger partial charge is 0.497 e. The molecule has 0 bridgehead atoms. The lowest BCUT2D eigenvalue weighted by Crippen LogP contribution is -2.35. The summed E-state index contributed by atoms with van der Waals surface area (Å²) in [6, 6.07) is 15.7. The van der Waals surface area contributed by atoms with Crippen LogP contribution in [0.4, 0.5) is 0 Å². The first-order chi connectivity index (χ1) is 16.6. The van der Waals surface area contributed by atoms with Crippen molar-refractivity contribution >= 4 is 16.8 Å². The lowest BCUT2D eigenvalue weighted by Gasteiger charge is -2.22. The fraction of sp³-hybridized carbons (Fsp3) is 0.286. The Hall–Kier alpha value is -3.64. The van der Waals surface area contributed by atoms with E-state index in [1.165, 1.54) is 19.5 Å². The number of rotatable bonds is 5. The summed E-state index contributed by atoms with van der Waals surface area (Å²) in [7, 11) is 1.61. The molecule has 0 radical (unpaired) electrons. The molecule has 1 aliphatic heterocycles. The van der Waals surface area contributed by atoms with E-state index in [4.69, 9.17) is 9.15 Å². The molecule has 2 aromatic carbocycles. The predicted octanol–water partition coefficient (Wildman–Crippen LogP) is 5.21. The molecule has 6 nitrogen and oxygen atoms in total. The number of nitrogens with one attached hydrogen (secondary N) is 2. The standard InChI is InChI=1S/C25H22N2O3.C3H7N/c1-16-5-6-19(29-2)14-21(16)24(28)27-25(8-9-25)22-12-18(17-7-11-30-15-17)13-23-20(22)4-3-10-26-23;1-2-4-3-1/h3-7,10-15H,8-9H2,1-2H3,(H,27,28);4H,1-3H2. The minimum atomic E-state index is -0.395. The number of aryl methyl sites for hydroxylation is 1. The summed E-state index contributed by atoms with van der Waals surface area (Å²) in [6.45, 7) is 4.44. The number of nitrogens with zero attached hydrogens (tertiary/aromatic N) is 1. The smallest absolute Gasteiger partial charge is 0.252 e. The van der Waals surface area contributed by atoms with Crippen LogP contribution in [0.25, 0.3) is 22.0 Å². The predicted molar refractivity (Wildman–Crippen MR) is 133 cm³/mol. The number of amides is 1. The summed E-state index contributed by atoms with van der Waals surface area (Å²) in [4.78, 5) is 17.8. The van der Waals surface area contributed by atoms with Gasteiger partial charge in [-0.15, -0.1) is 0 Å². The average Bonchev–Trinajstić information content (AvgIpc) is 3.37. The SMILES string of the molecule is C1CNC1.COc1ccc(C)c(C(=O)NC2(c3cc(-c4ccoc4)cc4ncccc34)CC2)c1. The summed E-state index contributed by atoms with van der Waals surface area (Å²) >= 11 is 0. The molecule has 2 aromatic heterocycles. The Bertz CT molecular complexity index is 1300. The Kier molecular flexibility index (Phi) is 6.07. The van der Waals surface area contributed by atoms with Gasteiger partial charge in [0, 0.05) is 22.7 Å². The number of hydrogen-bond acceptors (Lipinski definition) is 5. The molecule has 3 heterocycles. The first kappa shape index (κ1) is 22.2. The van der Waals surface area contributed by atoms with Crippen molar-refractivity contribution in [1.29, 1.82) is 0 Å². The number of hydrogen-bond donors (Lipinski definition) is 2. The maximum Gasteiger partial charge on any atom is 0.252 e. The number of methoxy groups -OCH3 is 1. The molecule has 1 aliphatic carbocycles. The minimum Gasteiger partial charge on any atom is -0.497 e. The quantitative estimate of drug-likeness (QED) is 0.432. The molecule has 6 heteroatoms. The van der Waals surface area contributed by atoms with Crippen LogP contribution in [0.3, 0.4) is 0 Å². The van der Waals surface area contributed by atoms with Crippen LogP contribution in [-0.4, -0.2) is 31.1 Å². The molecular formula is C28H29N3O3. The third-order valence-corrected chi connectivity index (χ3v) is 6.59. The van der Waals surface area contributed by atoms with E-state index < -0.39 is 5.54 Å². The van der Waals surface area contributed by atoms with Crippen LogP contribution in [-0.2, 0) is 5.54 Å². The van der Waals surface area contributed by atoms with Gasteiger partial charge in [0.05, 0.1) is 30.7 Å². The lowest BCUT2D eigenvalue weighted by molar-refractivity contribution is 0.0930. The van der Waals surface area contributed by atoms with E-state index in [0.717, 1.165) is 46.0 Å². The topological polar surface area (TPSA) is 76.4 Å². The second kappa shape index (κ2) is 9.31. The highest BCUT2D eigenvalue weighted by atomic mass is 16.5. The minimum absolute atomic E-state index is 0.0883. The highest BCUT2D eigenvalue weighted by molar-refractivity contribution is 5.98. The van der Waals surface area contributed by atoms with E-state index in [-0.39, 0.29) is 5.91 Å². The van der Waals surface area contributed by atoms with Crippen LogP contribution in [0.15, 0.2) is 71.7 Å². The van der Waals surface area contributed by atoms with Crippen LogP contribution in [0.5, 0.6) is 5.75 Å². The molecule has 1 amide bonds. The van der Waals surface area contributed by atoms with E-state index >= 15 is 0 Å². The average molecular weight is 456 g/mol. The first-order valence-electron chi connectivity index (χ1n) is 11.7. The lowest BCUT2D eigenvalue weighted by atomic mass is 9.94. The molecule has 4 aromatic rings. The van der Waals surface area contributed by atoms with Crippen molar-refractivity contribution in [1.82, 2.24) is 15.6 Å². The fourth-order valence-corrected chi connectivity index (χ4v) is 4.19. The molecule has 1 saturated carbocycles. The molecule has 0 atom stereocenters. The van der Waals surface area contributed by atoms with Crippen LogP contribution in [0.1, 0.15) is 40.7 Å². The number of benzene rings is 2. The zero-order valence-electron chi connectivity index (χ0n) is 19.6. The Morgan fingerprint density at radius 2 is 1.91 bits per heavy atom. The molecule has 2 fully saturated rings. The zero-order valence-corrected chi connectivity index (χ0v) is 19.6. The number of aromatic nitrogens is 1. The van der Waals surface area contributed by atoms with Gasteiger partial charge in [-0.1, -0.05) is 12.1 Å². The molecule has 6 rings (SSSR count). The van der Waals surface area contributed by atoms with Gasteiger partial charge in [-0.05, 0) is 92.4 Å². The van der Waals surface area contributed by atoms with E-state index in [9.17, 15) is 4.79 Å². The molecule has 0 spiro atoms. The molecule has 34 heavy (non-hydrogen) atoms. The number of ether oxygens (including phenoxy) is 1. The van der Waals surface area contributed by atoms with Gasteiger partial charge in [-0.3, -0.25) is 9.78 Å². The number of pyridine rings is 1. The molecular weight excluding hydrogens is 426 g/mol. The van der Waals surface area contributed by atoms with Gasteiger partial charge in [0.15, 0.2) is 0 Å². The van der Waals surface area contributed by atoms with E-state index in [1.807, 2.05) is 31.2 Å². The van der Waals surface area contributed by atoms with Gasteiger partial charge < -0.3 is 19.8 Å². The van der Waals surface area contributed by atoms with Crippen molar-refractivity contribution in [2.75, 3.05) is 20.2 Å². The Morgan fingerprint density at radius 3 is 2.56 bits per heavy atom. The molecule has 1 saturated heterocycles. The monoisotopic (exact) mass is 455 g/mol. The van der Waals surface area contributed by atoms with Crippen molar-refractivity contribution in [2.45, 2.75) is 31.7 Å². The van der Waals surface area contributed by atoms with Gasteiger partial charge in [0.1, 0.15) is 5.75 Å².